The molecule has 1 fully saturated rings. The number of rotatable bonds is 2. The molecule has 0 heterocycles. The maximum Gasteiger partial charge on any atom is 0.136 e. The lowest BCUT2D eigenvalue weighted by atomic mass is 10.1. The summed E-state index contributed by atoms with van der Waals surface area (Å²) < 4.78 is 6.21. The van der Waals surface area contributed by atoms with Crippen molar-refractivity contribution in [3.8, 4) is 5.75 Å². The highest BCUT2D eigenvalue weighted by Crippen LogP contribution is 2.46. The molecule has 0 aliphatic heterocycles. The molecule has 1 saturated carbocycles. The second-order valence-corrected chi connectivity index (χ2v) is 4.81. The summed E-state index contributed by atoms with van der Waals surface area (Å²) in [4.78, 5) is 0. The molecular weight excluding hydrogens is 265 g/mol. The molecule has 0 aromatic heterocycles. The van der Waals surface area contributed by atoms with Gasteiger partial charge in [0.15, 0.2) is 0 Å². The monoisotopic (exact) mass is 275 g/mol. The number of benzene rings is 1. The van der Waals surface area contributed by atoms with Gasteiger partial charge < -0.3 is 10.5 Å². The van der Waals surface area contributed by atoms with E-state index in [9.17, 15) is 0 Å². The Labute approximate surface area is 96.5 Å². The predicted octanol–water partition coefficient (Wildman–Crippen LogP) is 2.93. The highest BCUT2D eigenvalue weighted by molar-refractivity contribution is 9.10. The lowest BCUT2D eigenvalue weighted by Gasteiger charge is -2.10. The molecule has 1 aliphatic rings. The summed E-state index contributed by atoms with van der Waals surface area (Å²) >= 11 is 9.40. The fraction of sp³-hybridized carbons (Fsp3) is 0.400. The number of hydrogen-bond donors (Lipinski definition) is 1. The third-order valence-corrected chi connectivity index (χ3v) is 3.29. The van der Waals surface area contributed by atoms with Gasteiger partial charge in [0.05, 0.1) is 11.6 Å². The summed E-state index contributed by atoms with van der Waals surface area (Å²) in [7, 11) is 1.66. The first-order chi connectivity index (χ1) is 6.63. The second kappa shape index (κ2) is 3.72. The minimum absolute atomic E-state index is 0.259. The minimum atomic E-state index is 0.259. The van der Waals surface area contributed by atoms with Crippen molar-refractivity contribution in [2.24, 2.45) is 5.73 Å². The van der Waals surface area contributed by atoms with Gasteiger partial charge in [-0.3, -0.25) is 0 Å². The zero-order valence-electron chi connectivity index (χ0n) is 7.76. The van der Waals surface area contributed by atoms with Gasteiger partial charge in [-0.1, -0.05) is 11.6 Å². The van der Waals surface area contributed by atoms with E-state index in [0.29, 0.717) is 10.9 Å². The van der Waals surface area contributed by atoms with E-state index < -0.39 is 0 Å². The Kier molecular flexibility index (Phi) is 2.73. The third kappa shape index (κ3) is 1.76. The molecule has 1 aliphatic carbocycles. The van der Waals surface area contributed by atoms with Crippen molar-refractivity contribution in [1.29, 1.82) is 0 Å². The third-order valence-electron chi connectivity index (χ3n) is 2.48. The summed E-state index contributed by atoms with van der Waals surface area (Å²) in [6.07, 6.45) is 1.02. The molecule has 2 atom stereocenters. The zero-order valence-corrected chi connectivity index (χ0v) is 10.1. The Balaban J connectivity index is 2.45. The average molecular weight is 277 g/mol. The smallest absolute Gasteiger partial charge is 0.136 e. The van der Waals surface area contributed by atoms with Crippen LogP contribution in [0.2, 0.25) is 5.02 Å². The van der Waals surface area contributed by atoms with Crippen LogP contribution in [0.25, 0.3) is 0 Å². The summed E-state index contributed by atoms with van der Waals surface area (Å²) in [5, 5.41) is 0.715. The van der Waals surface area contributed by atoms with Crippen LogP contribution in [0.15, 0.2) is 16.6 Å². The number of methoxy groups -OCH3 is 1. The van der Waals surface area contributed by atoms with E-state index in [-0.39, 0.29) is 6.04 Å². The summed E-state index contributed by atoms with van der Waals surface area (Å²) in [6.45, 7) is 0. The largest absolute Gasteiger partial charge is 0.495 e. The van der Waals surface area contributed by atoms with Crippen molar-refractivity contribution in [1.82, 2.24) is 0 Å². The molecule has 0 amide bonds. The van der Waals surface area contributed by atoms with Crippen molar-refractivity contribution >= 4 is 27.5 Å². The maximum atomic E-state index is 5.97. The number of hydrogen-bond acceptors (Lipinski definition) is 2. The molecule has 2 nitrogen and oxygen atoms in total. The molecule has 1 aromatic rings. The van der Waals surface area contributed by atoms with Crippen molar-refractivity contribution < 1.29 is 4.74 Å². The maximum absolute atomic E-state index is 5.97. The van der Waals surface area contributed by atoms with Crippen molar-refractivity contribution in [2.45, 2.75) is 18.4 Å². The van der Waals surface area contributed by atoms with Gasteiger partial charge in [-0.2, -0.15) is 0 Å². The second-order valence-electron chi connectivity index (χ2n) is 3.52. The van der Waals surface area contributed by atoms with Crippen LogP contribution in [0.3, 0.4) is 0 Å². The van der Waals surface area contributed by atoms with Crippen LogP contribution >= 0.6 is 27.5 Å². The number of nitrogens with two attached hydrogens (primary N) is 1. The Morgan fingerprint density at radius 1 is 1.57 bits per heavy atom. The molecule has 0 spiro atoms. The van der Waals surface area contributed by atoms with Gasteiger partial charge in [-0.15, -0.1) is 0 Å². The van der Waals surface area contributed by atoms with Crippen LogP contribution in [0.1, 0.15) is 17.9 Å². The van der Waals surface area contributed by atoms with Crippen LogP contribution in [0, 0.1) is 0 Å². The lowest BCUT2D eigenvalue weighted by molar-refractivity contribution is 0.407. The van der Waals surface area contributed by atoms with Gasteiger partial charge in [-0.25, -0.2) is 0 Å². The van der Waals surface area contributed by atoms with Crippen LogP contribution in [0.4, 0.5) is 0 Å². The van der Waals surface area contributed by atoms with E-state index in [4.69, 9.17) is 22.1 Å². The molecule has 0 radical (unpaired) electrons. The fourth-order valence-corrected chi connectivity index (χ4v) is 2.64. The Morgan fingerprint density at radius 3 is 2.71 bits per heavy atom. The normalized spacial score (nSPS) is 24.9. The molecule has 14 heavy (non-hydrogen) atoms. The molecule has 76 valence electrons. The predicted molar refractivity (Wildman–Crippen MR) is 61.0 cm³/mol. The van der Waals surface area contributed by atoms with Gasteiger partial charge in [0, 0.05) is 22.5 Å². The van der Waals surface area contributed by atoms with Gasteiger partial charge in [-0.05, 0) is 34.5 Å². The standard InChI is InChI=1S/C10H11BrClNO/c1-14-10-7(6-4-9(6)13)2-5(12)3-8(10)11/h2-3,6,9H,4,13H2,1H3. The van der Waals surface area contributed by atoms with E-state index in [1.165, 1.54) is 0 Å². The number of halogens is 2. The Bertz CT molecular complexity index is 369. The average Bonchev–Trinajstić information content (AvgIpc) is 2.81. The fourth-order valence-electron chi connectivity index (χ4n) is 1.64. The molecule has 0 saturated heterocycles. The Morgan fingerprint density at radius 2 is 2.21 bits per heavy atom. The first-order valence-corrected chi connectivity index (χ1v) is 5.59. The quantitative estimate of drug-likeness (QED) is 0.901. The van der Waals surface area contributed by atoms with Crippen LogP contribution in [-0.4, -0.2) is 13.2 Å². The molecule has 1 aromatic carbocycles. The number of ether oxygens (including phenoxy) is 1. The van der Waals surface area contributed by atoms with E-state index in [1.807, 2.05) is 12.1 Å². The SMILES string of the molecule is COc1c(Br)cc(Cl)cc1C1CC1N. The highest BCUT2D eigenvalue weighted by Gasteiger charge is 2.37. The minimum Gasteiger partial charge on any atom is -0.495 e. The molecular formula is C10H11BrClNO. The van der Waals surface area contributed by atoms with Crippen molar-refractivity contribution in [3.63, 3.8) is 0 Å². The molecule has 2 unspecified atom stereocenters. The molecule has 2 N–H and O–H groups in total. The van der Waals surface area contributed by atoms with Crippen molar-refractivity contribution in [2.75, 3.05) is 7.11 Å². The van der Waals surface area contributed by atoms with Gasteiger partial charge >= 0.3 is 0 Å². The van der Waals surface area contributed by atoms with E-state index in [1.54, 1.807) is 7.11 Å². The van der Waals surface area contributed by atoms with E-state index in [2.05, 4.69) is 15.9 Å². The summed E-state index contributed by atoms with van der Waals surface area (Å²) in [5.41, 5.74) is 6.92. The molecule has 2 rings (SSSR count). The topological polar surface area (TPSA) is 35.2 Å². The van der Waals surface area contributed by atoms with Crippen LogP contribution in [-0.2, 0) is 0 Å². The first kappa shape index (κ1) is 10.3. The van der Waals surface area contributed by atoms with Crippen molar-refractivity contribution in [3.05, 3.63) is 27.2 Å². The van der Waals surface area contributed by atoms with Gasteiger partial charge in [0.1, 0.15) is 5.75 Å². The van der Waals surface area contributed by atoms with E-state index >= 15 is 0 Å². The zero-order chi connectivity index (χ0) is 10.3. The van der Waals surface area contributed by atoms with Gasteiger partial charge in [0.25, 0.3) is 0 Å². The Hall–Kier alpha value is -0.250. The lowest BCUT2D eigenvalue weighted by Crippen LogP contribution is -2.02. The molecule has 4 heteroatoms. The van der Waals surface area contributed by atoms with Crippen LogP contribution < -0.4 is 10.5 Å². The summed E-state index contributed by atoms with van der Waals surface area (Å²) in [6, 6.07) is 4.02. The highest BCUT2D eigenvalue weighted by atomic mass is 79.9. The van der Waals surface area contributed by atoms with Crippen LogP contribution in [0.5, 0.6) is 5.75 Å². The molecule has 0 bridgehead atoms. The summed E-state index contributed by atoms with van der Waals surface area (Å²) in [5.74, 6) is 1.26. The van der Waals surface area contributed by atoms with Gasteiger partial charge in [0.2, 0.25) is 0 Å². The first-order valence-electron chi connectivity index (χ1n) is 4.42. The van der Waals surface area contributed by atoms with E-state index in [0.717, 1.165) is 22.2 Å².